The van der Waals surface area contributed by atoms with E-state index in [0.717, 1.165) is 0 Å². The SMILES string of the molecule is COCCNC(=O)[C@H](C)OC(=O)c1ccc(-c2ccc([N+](=O)[O-])cc2Cl)o1. The number of ether oxygens (including phenoxy) is 2. The summed E-state index contributed by atoms with van der Waals surface area (Å²) in [5.74, 6) is -1.19. The number of nitrogens with one attached hydrogen (secondary N) is 1. The van der Waals surface area contributed by atoms with Gasteiger partial charge in [0.05, 0.1) is 16.6 Å². The number of carbonyl (C=O) groups excluding carboxylic acids is 2. The van der Waals surface area contributed by atoms with Gasteiger partial charge < -0.3 is 19.2 Å². The Balaban J connectivity index is 2.05. The van der Waals surface area contributed by atoms with Crippen molar-refractivity contribution >= 4 is 29.2 Å². The van der Waals surface area contributed by atoms with Gasteiger partial charge in [-0.1, -0.05) is 11.6 Å². The predicted molar refractivity (Wildman–Crippen MR) is 95.6 cm³/mol. The predicted octanol–water partition coefficient (Wildman–Crippen LogP) is 2.82. The van der Waals surface area contributed by atoms with Crippen LogP contribution >= 0.6 is 11.6 Å². The van der Waals surface area contributed by atoms with E-state index in [1.54, 1.807) is 0 Å². The highest BCUT2D eigenvalue weighted by molar-refractivity contribution is 6.33. The molecular weight excluding hydrogens is 380 g/mol. The summed E-state index contributed by atoms with van der Waals surface area (Å²) in [7, 11) is 1.50. The minimum absolute atomic E-state index is 0.101. The second-order valence-electron chi connectivity index (χ2n) is 5.42. The van der Waals surface area contributed by atoms with Crippen LogP contribution in [0.4, 0.5) is 5.69 Å². The van der Waals surface area contributed by atoms with Gasteiger partial charge in [0.1, 0.15) is 5.76 Å². The molecule has 2 rings (SSSR count). The van der Waals surface area contributed by atoms with Crippen LogP contribution in [0, 0.1) is 10.1 Å². The van der Waals surface area contributed by atoms with Gasteiger partial charge in [0.25, 0.3) is 11.6 Å². The van der Waals surface area contributed by atoms with Crippen LogP contribution in [0.1, 0.15) is 17.5 Å². The Hall–Kier alpha value is -2.91. The molecule has 0 aliphatic heterocycles. The molecule has 9 nitrogen and oxygen atoms in total. The van der Waals surface area contributed by atoms with E-state index in [1.807, 2.05) is 0 Å². The molecule has 0 saturated carbocycles. The van der Waals surface area contributed by atoms with E-state index in [0.29, 0.717) is 18.7 Å². The molecule has 0 aliphatic rings. The normalized spacial score (nSPS) is 11.7. The number of rotatable bonds is 8. The number of carbonyl (C=O) groups is 2. The van der Waals surface area contributed by atoms with Crippen molar-refractivity contribution in [2.75, 3.05) is 20.3 Å². The van der Waals surface area contributed by atoms with Gasteiger partial charge in [-0.05, 0) is 25.1 Å². The zero-order valence-electron chi connectivity index (χ0n) is 14.6. The molecule has 144 valence electrons. The Morgan fingerprint density at radius 2 is 2.07 bits per heavy atom. The molecule has 0 saturated heterocycles. The molecule has 0 fully saturated rings. The first-order chi connectivity index (χ1) is 12.8. The summed E-state index contributed by atoms with van der Waals surface area (Å²) < 4.78 is 15.3. The number of nitro groups is 1. The van der Waals surface area contributed by atoms with Crippen molar-refractivity contribution in [2.24, 2.45) is 0 Å². The zero-order valence-corrected chi connectivity index (χ0v) is 15.3. The third-order valence-corrected chi connectivity index (χ3v) is 3.81. The number of esters is 1. The molecule has 1 amide bonds. The van der Waals surface area contributed by atoms with Crippen molar-refractivity contribution in [1.82, 2.24) is 5.32 Å². The Morgan fingerprint density at radius 3 is 2.70 bits per heavy atom. The van der Waals surface area contributed by atoms with Gasteiger partial charge in [0.15, 0.2) is 6.10 Å². The van der Waals surface area contributed by atoms with E-state index in [4.69, 9.17) is 25.5 Å². The maximum atomic E-state index is 12.1. The summed E-state index contributed by atoms with van der Waals surface area (Å²) in [5.41, 5.74) is 0.218. The minimum atomic E-state index is -1.02. The molecule has 0 aliphatic carbocycles. The number of hydrogen-bond acceptors (Lipinski definition) is 7. The van der Waals surface area contributed by atoms with Crippen molar-refractivity contribution in [2.45, 2.75) is 13.0 Å². The Morgan fingerprint density at radius 1 is 1.33 bits per heavy atom. The molecule has 0 unspecified atom stereocenters. The fraction of sp³-hybridized carbons (Fsp3) is 0.294. The molecular formula is C17H17ClN2O7. The van der Waals surface area contributed by atoms with Gasteiger partial charge in [-0.15, -0.1) is 0 Å². The first-order valence-electron chi connectivity index (χ1n) is 7.85. The average molecular weight is 397 g/mol. The standard InChI is InChI=1S/C17H17ClN2O7/c1-10(16(21)19-7-8-25-2)26-17(22)15-6-5-14(27-15)12-4-3-11(20(23)24)9-13(12)18/h3-6,9-10H,7-8H2,1-2H3,(H,19,21)/t10-/m0/s1. The topological polar surface area (TPSA) is 121 Å². The second kappa shape index (κ2) is 9.15. The maximum absolute atomic E-state index is 12.1. The van der Waals surface area contributed by atoms with Gasteiger partial charge in [-0.3, -0.25) is 14.9 Å². The smallest absolute Gasteiger partial charge is 0.375 e. The zero-order chi connectivity index (χ0) is 20.0. The highest BCUT2D eigenvalue weighted by atomic mass is 35.5. The lowest BCUT2D eigenvalue weighted by molar-refractivity contribution is -0.384. The third kappa shape index (κ3) is 5.28. The van der Waals surface area contributed by atoms with Gasteiger partial charge in [0.2, 0.25) is 5.76 Å². The van der Waals surface area contributed by atoms with Gasteiger partial charge in [0, 0.05) is 31.4 Å². The summed E-state index contributed by atoms with van der Waals surface area (Å²) >= 11 is 6.04. The van der Waals surface area contributed by atoms with Crippen LogP contribution in [0.3, 0.4) is 0 Å². The number of nitro benzene ring substituents is 1. The number of non-ortho nitro benzene ring substituents is 1. The number of hydrogen-bond donors (Lipinski definition) is 1. The lowest BCUT2D eigenvalue weighted by Crippen LogP contribution is -2.37. The van der Waals surface area contributed by atoms with Crippen molar-refractivity contribution in [3.05, 3.63) is 51.2 Å². The number of amides is 1. The van der Waals surface area contributed by atoms with Crippen LogP contribution in [0.2, 0.25) is 5.02 Å². The quantitative estimate of drug-likeness (QED) is 0.315. The highest BCUT2D eigenvalue weighted by Crippen LogP contribution is 2.32. The van der Waals surface area contributed by atoms with Crippen molar-refractivity contribution in [3.8, 4) is 11.3 Å². The monoisotopic (exact) mass is 396 g/mol. The number of benzene rings is 1. The van der Waals surface area contributed by atoms with Gasteiger partial charge in [-0.25, -0.2) is 4.79 Å². The molecule has 1 heterocycles. The number of nitrogens with zero attached hydrogens (tertiary/aromatic N) is 1. The molecule has 27 heavy (non-hydrogen) atoms. The van der Waals surface area contributed by atoms with Crippen LogP contribution in [0.5, 0.6) is 0 Å². The summed E-state index contributed by atoms with van der Waals surface area (Å²) in [5, 5.41) is 13.4. The third-order valence-electron chi connectivity index (χ3n) is 3.49. The van der Waals surface area contributed by atoms with E-state index in [9.17, 15) is 19.7 Å². The average Bonchev–Trinajstić information content (AvgIpc) is 3.11. The van der Waals surface area contributed by atoms with Crippen LogP contribution in [0.15, 0.2) is 34.7 Å². The van der Waals surface area contributed by atoms with E-state index < -0.39 is 22.9 Å². The van der Waals surface area contributed by atoms with Crippen molar-refractivity contribution in [3.63, 3.8) is 0 Å². The first-order valence-corrected chi connectivity index (χ1v) is 8.23. The molecule has 0 spiro atoms. The van der Waals surface area contributed by atoms with Crippen LogP contribution in [-0.4, -0.2) is 43.2 Å². The minimum Gasteiger partial charge on any atom is -0.449 e. The molecule has 1 atom stereocenters. The van der Waals surface area contributed by atoms with E-state index in [1.165, 1.54) is 44.4 Å². The van der Waals surface area contributed by atoms with Crippen molar-refractivity contribution in [1.29, 1.82) is 0 Å². The molecule has 0 radical (unpaired) electrons. The lowest BCUT2D eigenvalue weighted by atomic mass is 10.1. The van der Waals surface area contributed by atoms with Crippen LogP contribution in [-0.2, 0) is 14.3 Å². The first kappa shape index (κ1) is 20.4. The molecule has 1 aromatic carbocycles. The number of methoxy groups -OCH3 is 1. The summed E-state index contributed by atoms with van der Waals surface area (Å²) in [6, 6.07) is 6.72. The summed E-state index contributed by atoms with van der Waals surface area (Å²) in [4.78, 5) is 34.1. The van der Waals surface area contributed by atoms with E-state index in [-0.39, 0.29) is 22.2 Å². The Bertz CT molecular complexity index is 850. The van der Waals surface area contributed by atoms with Gasteiger partial charge in [-0.2, -0.15) is 0 Å². The maximum Gasteiger partial charge on any atom is 0.375 e. The molecule has 0 bridgehead atoms. The van der Waals surface area contributed by atoms with Crippen molar-refractivity contribution < 1.29 is 28.4 Å². The van der Waals surface area contributed by atoms with Gasteiger partial charge >= 0.3 is 5.97 Å². The fourth-order valence-corrected chi connectivity index (χ4v) is 2.37. The Kier molecular flexibility index (Phi) is 6.91. The Labute approximate surface area is 159 Å². The number of furan rings is 1. The fourth-order valence-electron chi connectivity index (χ4n) is 2.10. The molecule has 10 heteroatoms. The van der Waals surface area contributed by atoms with Crippen LogP contribution < -0.4 is 5.32 Å². The van der Waals surface area contributed by atoms with Crippen LogP contribution in [0.25, 0.3) is 11.3 Å². The molecule has 1 N–H and O–H groups in total. The second-order valence-corrected chi connectivity index (χ2v) is 5.82. The molecule has 2 aromatic rings. The van der Waals surface area contributed by atoms with E-state index in [2.05, 4.69) is 5.32 Å². The lowest BCUT2D eigenvalue weighted by Gasteiger charge is -2.12. The van der Waals surface area contributed by atoms with E-state index >= 15 is 0 Å². The summed E-state index contributed by atoms with van der Waals surface area (Å²) in [6.07, 6.45) is -1.02. The number of halogens is 1. The highest BCUT2D eigenvalue weighted by Gasteiger charge is 2.22. The summed E-state index contributed by atoms with van der Waals surface area (Å²) in [6.45, 7) is 2.06. The molecule has 1 aromatic heterocycles. The largest absolute Gasteiger partial charge is 0.449 e.